The van der Waals surface area contributed by atoms with Crippen LogP contribution in [0.25, 0.3) is 0 Å². The molecule has 1 aromatic carbocycles. The number of rotatable bonds is 4. The van der Waals surface area contributed by atoms with Gasteiger partial charge in [0.1, 0.15) is 0 Å². The molecule has 1 rings (SSSR count). The molecule has 1 aromatic rings. The van der Waals surface area contributed by atoms with E-state index in [0.717, 1.165) is 30.5 Å². The topological polar surface area (TPSA) is 27.6 Å². The Kier molecular flexibility index (Phi) is 5.84. The molecule has 0 radical (unpaired) electrons. The van der Waals surface area contributed by atoms with Crippen molar-refractivity contribution >= 4 is 17.6 Å². The summed E-state index contributed by atoms with van der Waals surface area (Å²) in [6.07, 6.45) is 0.906. The fraction of sp³-hybridized carbons (Fsp3) is 0.462. The van der Waals surface area contributed by atoms with Gasteiger partial charge in [-0.05, 0) is 31.0 Å². The quantitative estimate of drug-likeness (QED) is 0.659. The highest BCUT2D eigenvalue weighted by Crippen LogP contribution is 2.10. The highest BCUT2D eigenvalue weighted by atomic mass is 35.5. The lowest BCUT2D eigenvalue weighted by atomic mass is 10.1. The fourth-order valence-corrected chi connectivity index (χ4v) is 1.71. The Bertz CT molecular complexity index is 375. The molecule has 0 unspecified atom stereocenters. The Balaban J connectivity index is 2.52. The summed E-state index contributed by atoms with van der Waals surface area (Å²) >= 11 is 5.93. The van der Waals surface area contributed by atoms with Crippen LogP contribution >= 0.6 is 11.6 Å². The lowest BCUT2D eigenvalue weighted by molar-refractivity contribution is 0.583. The van der Waals surface area contributed by atoms with Crippen molar-refractivity contribution in [3.05, 3.63) is 34.9 Å². The third-order valence-electron chi connectivity index (χ3n) is 2.31. The fourth-order valence-electron chi connectivity index (χ4n) is 1.50. The zero-order valence-corrected chi connectivity index (χ0v) is 11.5. The summed E-state index contributed by atoms with van der Waals surface area (Å²) in [5, 5.41) is 4.01. The van der Waals surface area contributed by atoms with Crippen LogP contribution in [-0.2, 0) is 6.42 Å². The molecule has 4 heteroatoms. The number of benzene rings is 1. The van der Waals surface area contributed by atoms with Crippen LogP contribution in [0, 0.1) is 0 Å². The highest BCUT2D eigenvalue weighted by Gasteiger charge is 1.99. The first-order valence-corrected chi connectivity index (χ1v) is 6.21. The van der Waals surface area contributed by atoms with Gasteiger partial charge in [-0.15, -0.1) is 0 Å². The molecule has 1 N–H and O–H groups in total. The summed E-state index contributed by atoms with van der Waals surface area (Å²) in [5.74, 6) is 0.925. The van der Waals surface area contributed by atoms with E-state index >= 15 is 0 Å². The zero-order chi connectivity index (χ0) is 12.7. The number of halogens is 1. The first kappa shape index (κ1) is 13.8. The Morgan fingerprint density at radius 3 is 2.76 bits per heavy atom. The van der Waals surface area contributed by atoms with E-state index in [2.05, 4.69) is 23.3 Å². The minimum absolute atomic E-state index is 0.765. The monoisotopic (exact) mass is 253 g/mol. The predicted molar refractivity (Wildman–Crippen MR) is 74.8 cm³/mol. The van der Waals surface area contributed by atoms with Crippen LogP contribution in [0.2, 0.25) is 5.02 Å². The van der Waals surface area contributed by atoms with Crippen LogP contribution in [0.15, 0.2) is 29.3 Å². The highest BCUT2D eigenvalue weighted by molar-refractivity contribution is 6.30. The van der Waals surface area contributed by atoms with Gasteiger partial charge in [0.25, 0.3) is 0 Å². The molecule has 0 aromatic heterocycles. The summed E-state index contributed by atoms with van der Waals surface area (Å²) in [6.45, 7) is 3.71. The average Bonchev–Trinajstić information content (AvgIpc) is 2.28. The van der Waals surface area contributed by atoms with Crippen molar-refractivity contribution in [2.75, 3.05) is 27.2 Å². The minimum Gasteiger partial charge on any atom is -0.357 e. The zero-order valence-electron chi connectivity index (χ0n) is 10.7. The molecule has 0 atom stereocenters. The molecule has 0 saturated carbocycles. The van der Waals surface area contributed by atoms with Gasteiger partial charge in [-0.25, -0.2) is 0 Å². The molecule has 94 valence electrons. The first-order chi connectivity index (χ1) is 8.13. The number of hydrogen-bond donors (Lipinski definition) is 1. The molecule has 3 nitrogen and oxygen atoms in total. The van der Waals surface area contributed by atoms with Crippen LogP contribution in [0.1, 0.15) is 12.5 Å². The van der Waals surface area contributed by atoms with Gasteiger partial charge in [0, 0.05) is 32.2 Å². The molecule has 0 amide bonds. The van der Waals surface area contributed by atoms with Crippen molar-refractivity contribution in [2.45, 2.75) is 13.3 Å². The Labute approximate surface area is 108 Å². The van der Waals surface area contributed by atoms with Crippen LogP contribution < -0.4 is 5.32 Å². The molecular weight excluding hydrogens is 234 g/mol. The molecule has 0 heterocycles. The standard InChI is InChI=1S/C13H20ClN3/c1-4-15-13(17(2)3)16-9-8-11-6-5-7-12(14)10-11/h5-7,10H,4,8-9H2,1-3H3,(H,15,16). The van der Waals surface area contributed by atoms with Gasteiger partial charge in [0.15, 0.2) is 5.96 Å². The number of guanidine groups is 1. The lowest BCUT2D eigenvalue weighted by Gasteiger charge is -2.16. The largest absolute Gasteiger partial charge is 0.357 e. The Hall–Kier alpha value is -1.22. The molecule has 0 spiro atoms. The number of aliphatic imine (C=N–C) groups is 1. The van der Waals surface area contributed by atoms with Crippen molar-refractivity contribution in [2.24, 2.45) is 4.99 Å². The molecule has 0 bridgehead atoms. The van der Waals surface area contributed by atoms with Gasteiger partial charge in [-0.2, -0.15) is 0 Å². The lowest BCUT2D eigenvalue weighted by Crippen LogP contribution is -2.36. The second-order valence-corrected chi connectivity index (χ2v) is 4.45. The van der Waals surface area contributed by atoms with E-state index in [-0.39, 0.29) is 0 Å². The predicted octanol–water partition coefficient (Wildman–Crippen LogP) is 2.41. The SMILES string of the molecule is CCNC(=NCCc1cccc(Cl)c1)N(C)C. The third kappa shape index (κ3) is 5.09. The van der Waals surface area contributed by atoms with Crippen molar-refractivity contribution in [3.63, 3.8) is 0 Å². The number of nitrogens with one attached hydrogen (secondary N) is 1. The Morgan fingerprint density at radius 1 is 1.41 bits per heavy atom. The molecule has 0 aliphatic carbocycles. The van der Waals surface area contributed by atoms with Crippen molar-refractivity contribution in [3.8, 4) is 0 Å². The maximum atomic E-state index is 5.93. The van der Waals surface area contributed by atoms with Gasteiger partial charge in [0.05, 0.1) is 0 Å². The van der Waals surface area contributed by atoms with Gasteiger partial charge in [0.2, 0.25) is 0 Å². The van der Waals surface area contributed by atoms with E-state index in [1.807, 2.05) is 37.2 Å². The smallest absolute Gasteiger partial charge is 0.193 e. The van der Waals surface area contributed by atoms with Crippen molar-refractivity contribution in [1.29, 1.82) is 0 Å². The second-order valence-electron chi connectivity index (χ2n) is 4.01. The summed E-state index contributed by atoms with van der Waals surface area (Å²) in [5.41, 5.74) is 1.22. The van der Waals surface area contributed by atoms with E-state index in [4.69, 9.17) is 11.6 Å². The summed E-state index contributed by atoms with van der Waals surface area (Å²) in [6, 6.07) is 7.92. The summed E-state index contributed by atoms with van der Waals surface area (Å²) in [7, 11) is 3.97. The summed E-state index contributed by atoms with van der Waals surface area (Å²) in [4.78, 5) is 6.51. The van der Waals surface area contributed by atoms with Gasteiger partial charge < -0.3 is 10.2 Å². The minimum atomic E-state index is 0.765. The van der Waals surface area contributed by atoms with Crippen molar-refractivity contribution < 1.29 is 0 Å². The number of nitrogens with zero attached hydrogens (tertiary/aromatic N) is 2. The van der Waals surface area contributed by atoms with E-state index in [0.29, 0.717) is 0 Å². The Morgan fingerprint density at radius 2 is 2.18 bits per heavy atom. The molecule has 17 heavy (non-hydrogen) atoms. The van der Waals surface area contributed by atoms with Gasteiger partial charge in [-0.3, -0.25) is 4.99 Å². The van der Waals surface area contributed by atoms with E-state index in [9.17, 15) is 0 Å². The van der Waals surface area contributed by atoms with Crippen LogP contribution in [-0.4, -0.2) is 38.0 Å². The first-order valence-electron chi connectivity index (χ1n) is 5.83. The van der Waals surface area contributed by atoms with Crippen LogP contribution in [0.3, 0.4) is 0 Å². The third-order valence-corrected chi connectivity index (χ3v) is 2.54. The second kappa shape index (κ2) is 7.17. The van der Waals surface area contributed by atoms with Gasteiger partial charge >= 0.3 is 0 Å². The van der Waals surface area contributed by atoms with E-state index in [1.165, 1.54) is 5.56 Å². The number of hydrogen-bond acceptors (Lipinski definition) is 1. The van der Waals surface area contributed by atoms with Crippen LogP contribution in [0.5, 0.6) is 0 Å². The van der Waals surface area contributed by atoms with Crippen molar-refractivity contribution in [1.82, 2.24) is 10.2 Å². The van der Waals surface area contributed by atoms with E-state index < -0.39 is 0 Å². The average molecular weight is 254 g/mol. The van der Waals surface area contributed by atoms with Gasteiger partial charge in [-0.1, -0.05) is 23.7 Å². The molecule has 0 aliphatic heterocycles. The molecular formula is C13H20ClN3. The van der Waals surface area contributed by atoms with Crippen LogP contribution in [0.4, 0.5) is 0 Å². The summed E-state index contributed by atoms with van der Waals surface area (Å²) < 4.78 is 0. The molecule has 0 fully saturated rings. The van der Waals surface area contributed by atoms with E-state index in [1.54, 1.807) is 0 Å². The maximum Gasteiger partial charge on any atom is 0.193 e. The maximum absolute atomic E-state index is 5.93. The molecule has 0 saturated heterocycles. The normalized spacial score (nSPS) is 11.4. The molecule has 0 aliphatic rings.